The van der Waals surface area contributed by atoms with Crippen molar-refractivity contribution in [1.82, 2.24) is 0 Å². The summed E-state index contributed by atoms with van der Waals surface area (Å²) < 4.78 is 19.4. The van der Waals surface area contributed by atoms with E-state index in [9.17, 15) is 28.8 Å². The predicted octanol–water partition coefficient (Wildman–Crippen LogP) is -0.246. The van der Waals surface area contributed by atoms with Crippen molar-refractivity contribution < 1.29 is 47.7 Å². The van der Waals surface area contributed by atoms with Gasteiger partial charge in [0.2, 0.25) is 0 Å². The Morgan fingerprint density at radius 3 is 1.07 bits per heavy atom. The molecule has 0 amide bonds. The molecule has 158 valence electrons. The van der Waals surface area contributed by atoms with Crippen LogP contribution in [0.2, 0.25) is 0 Å². The second-order valence-corrected chi connectivity index (χ2v) is 7.98. The van der Waals surface area contributed by atoms with Gasteiger partial charge in [0.25, 0.3) is 0 Å². The Morgan fingerprint density at radius 2 is 0.793 bits per heavy atom. The van der Waals surface area contributed by atoms with Crippen LogP contribution in [-0.2, 0) is 47.7 Å². The van der Waals surface area contributed by atoms with E-state index < -0.39 is 76.4 Å². The second kappa shape index (κ2) is 6.36. The maximum atomic E-state index is 13.6. The van der Waals surface area contributed by atoms with Gasteiger partial charge in [0, 0.05) is 0 Å². The molecule has 0 N–H and O–H groups in total. The standard InChI is InChI=1S/C19H22O10/c1-26-12(22)16-5-6-17(13(23)27-2)8-19(10(16)20,15(25)29-4)9-18(7-16,11(17)21)14(24)28-3/h5-9H2,1-4H3/t16-,17-,18+,19+/m1/s1. The van der Waals surface area contributed by atoms with E-state index in [0.717, 1.165) is 28.4 Å². The number of carbonyl (C=O) groups is 6. The molecule has 4 rings (SSSR count). The Balaban J connectivity index is 2.43. The average Bonchev–Trinajstić information content (AvgIpc) is 2.87. The fourth-order valence-electron chi connectivity index (χ4n) is 5.69. The van der Waals surface area contributed by atoms with Gasteiger partial charge in [-0.3, -0.25) is 28.8 Å². The number of Topliss-reactive ketones (excluding diaryl/α,β-unsaturated/α-hetero) is 2. The lowest BCUT2D eigenvalue weighted by atomic mass is 9.44. The number of esters is 4. The van der Waals surface area contributed by atoms with E-state index in [0.29, 0.717) is 0 Å². The van der Waals surface area contributed by atoms with Gasteiger partial charge in [0.05, 0.1) is 28.4 Å². The Kier molecular flexibility index (Phi) is 4.59. The predicted molar refractivity (Wildman–Crippen MR) is 90.9 cm³/mol. The minimum atomic E-state index is -2.06. The molecule has 29 heavy (non-hydrogen) atoms. The van der Waals surface area contributed by atoms with Crippen LogP contribution in [0.4, 0.5) is 0 Å². The molecule has 4 atom stereocenters. The monoisotopic (exact) mass is 410 g/mol. The summed E-state index contributed by atoms with van der Waals surface area (Å²) in [5, 5.41) is 0. The van der Waals surface area contributed by atoms with Gasteiger partial charge in [-0.25, -0.2) is 0 Å². The number of fused-ring (bicyclic) bond motifs is 1. The molecule has 0 saturated heterocycles. The van der Waals surface area contributed by atoms with Crippen molar-refractivity contribution in [3.63, 3.8) is 0 Å². The number of methoxy groups -OCH3 is 4. The average molecular weight is 410 g/mol. The zero-order valence-corrected chi connectivity index (χ0v) is 16.6. The van der Waals surface area contributed by atoms with E-state index in [1.54, 1.807) is 0 Å². The van der Waals surface area contributed by atoms with Gasteiger partial charge in [0.1, 0.15) is 21.7 Å². The van der Waals surface area contributed by atoms with E-state index in [-0.39, 0.29) is 12.8 Å². The SMILES string of the molecule is COC(=O)[C@]12C[C@@]3(C(=O)OC)C[C@](C(=O)OC)(CC[C@@](C(=O)OC)(C1)C3=O)C2=O. The minimum absolute atomic E-state index is 0.253. The van der Waals surface area contributed by atoms with E-state index in [4.69, 9.17) is 18.9 Å². The van der Waals surface area contributed by atoms with Gasteiger partial charge in [-0.1, -0.05) is 0 Å². The topological polar surface area (TPSA) is 139 Å². The highest BCUT2D eigenvalue weighted by atomic mass is 16.5. The molecule has 10 heteroatoms. The Labute approximate surface area is 166 Å². The third-order valence-electron chi connectivity index (χ3n) is 6.83. The molecule has 4 bridgehead atoms. The zero-order valence-electron chi connectivity index (χ0n) is 16.6. The highest BCUT2D eigenvalue weighted by Gasteiger charge is 2.81. The molecule has 4 aliphatic rings. The quantitative estimate of drug-likeness (QED) is 0.346. The van der Waals surface area contributed by atoms with Crippen molar-refractivity contribution >= 4 is 35.4 Å². The molecule has 4 fully saturated rings. The number of ether oxygens (including phenoxy) is 4. The highest BCUT2D eigenvalue weighted by Crippen LogP contribution is 2.68. The molecule has 0 aliphatic heterocycles. The normalized spacial score (nSPS) is 37.5. The Bertz CT molecular complexity index is 778. The van der Waals surface area contributed by atoms with Crippen LogP contribution in [0.3, 0.4) is 0 Å². The first kappa shape index (κ1) is 20.9. The van der Waals surface area contributed by atoms with Crippen molar-refractivity contribution in [3.8, 4) is 0 Å². The lowest BCUT2D eigenvalue weighted by molar-refractivity contribution is -0.196. The molecule has 0 aromatic rings. The molecule has 0 spiro atoms. The molecule has 4 saturated carbocycles. The van der Waals surface area contributed by atoms with Crippen LogP contribution in [0.15, 0.2) is 0 Å². The molecular weight excluding hydrogens is 388 g/mol. The van der Waals surface area contributed by atoms with Gasteiger partial charge in [0.15, 0.2) is 11.6 Å². The number of ketones is 2. The molecule has 0 radical (unpaired) electrons. The first-order chi connectivity index (χ1) is 13.6. The summed E-state index contributed by atoms with van der Waals surface area (Å²) in [6.07, 6.45) is -2.11. The Morgan fingerprint density at radius 1 is 0.552 bits per heavy atom. The molecule has 4 aliphatic carbocycles. The smallest absolute Gasteiger partial charge is 0.319 e. The van der Waals surface area contributed by atoms with Crippen LogP contribution in [0, 0.1) is 21.7 Å². The van der Waals surface area contributed by atoms with Gasteiger partial charge >= 0.3 is 23.9 Å². The number of hydrogen-bond donors (Lipinski definition) is 0. The van der Waals surface area contributed by atoms with Crippen LogP contribution in [0.25, 0.3) is 0 Å². The minimum Gasteiger partial charge on any atom is -0.468 e. The summed E-state index contributed by atoms with van der Waals surface area (Å²) in [4.78, 5) is 78.7. The zero-order chi connectivity index (χ0) is 21.8. The lowest BCUT2D eigenvalue weighted by Gasteiger charge is -2.53. The van der Waals surface area contributed by atoms with Crippen LogP contribution in [0.1, 0.15) is 32.1 Å². The van der Waals surface area contributed by atoms with Crippen LogP contribution in [0.5, 0.6) is 0 Å². The van der Waals surface area contributed by atoms with Gasteiger partial charge in [-0.15, -0.1) is 0 Å². The summed E-state index contributed by atoms with van der Waals surface area (Å²) in [5.74, 6) is -5.60. The van der Waals surface area contributed by atoms with Gasteiger partial charge in [-0.05, 0) is 32.1 Å². The van der Waals surface area contributed by atoms with Gasteiger partial charge < -0.3 is 18.9 Å². The van der Waals surface area contributed by atoms with Crippen LogP contribution < -0.4 is 0 Å². The van der Waals surface area contributed by atoms with Crippen LogP contribution >= 0.6 is 0 Å². The Hall–Kier alpha value is -2.78. The highest BCUT2D eigenvalue weighted by molar-refractivity contribution is 6.25. The van der Waals surface area contributed by atoms with Crippen molar-refractivity contribution in [3.05, 3.63) is 0 Å². The first-order valence-electron chi connectivity index (χ1n) is 9.00. The molecule has 10 nitrogen and oxygen atoms in total. The molecule has 0 unspecified atom stereocenters. The lowest BCUT2D eigenvalue weighted by Crippen LogP contribution is -2.69. The van der Waals surface area contributed by atoms with Crippen molar-refractivity contribution in [2.45, 2.75) is 32.1 Å². The fraction of sp³-hybridized carbons (Fsp3) is 0.684. The molecular formula is C19H22O10. The first-order valence-corrected chi connectivity index (χ1v) is 9.00. The number of rotatable bonds is 4. The third kappa shape index (κ3) is 2.22. The molecule has 0 heterocycles. The summed E-state index contributed by atoms with van der Waals surface area (Å²) in [6.45, 7) is 0. The molecule has 0 aromatic carbocycles. The van der Waals surface area contributed by atoms with Crippen LogP contribution in [-0.4, -0.2) is 63.9 Å². The maximum absolute atomic E-state index is 13.6. The third-order valence-corrected chi connectivity index (χ3v) is 6.83. The van der Waals surface area contributed by atoms with E-state index in [2.05, 4.69) is 0 Å². The largest absolute Gasteiger partial charge is 0.468 e. The molecule has 0 aromatic heterocycles. The summed E-state index contributed by atoms with van der Waals surface area (Å²) in [5.41, 5.74) is -8.05. The summed E-state index contributed by atoms with van der Waals surface area (Å²) in [7, 11) is 4.23. The van der Waals surface area contributed by atoms with Crippen molar-refractivity contribution in [2.24, 2.45) is 21.7 Å². The van der Waals surface area contributed by atoms with Gasteiger partial charge in [-0.2, -0.15) is 0 Å². The van der Waals surface area contributed by atoms with Crippen molar-refractivity contribution in [1.29, 1.82) is 0 Å². The van der Waals surface area contributed by atoms with E-state index in [1.165, 1.54) is 0 Å². The number of hydrogen-bond acceptors (Lipinski definition) is 10. The second-order valence-electron chi connectivity index (χ2n) is 7.98. The fourth-order valence-corrected chi connectivity index (χ4v) is 5.69. The van der Waals surface area contributed by atoms with E-state index >= 15 is 0 Å². The maximum Gasteiger partial charge on any atom is 0.319 e. The van der Waals surface area contributed by atoms with Crippen molar-refractivity contribution in [2.75, 3.05) is 28.4 Å². The number of carbonyl (C=O) groups excluding carboxylic acids is 6. The summed E-state index contributed by atoms with van der Waals surface area (Å²) >= 11 is 0. The van der Waals surface area contributed by atoms with E-state index in [1.807, 2.05) is 0 Å². The summed E-state index contributed by atoms with van der Waals surface area (Å²) in [6, 6.07) is 0.